The van der Waals surface area contributed by atoms with Gasteiger partial charge in [0.15, 0.2) is 5.96 Å². The summed E-state index contributed by atoms with van der Waals surface area (Å²) in [6.45, 7) is 8.45. The number of carbonyl (C=O) groups excluding carboxylic acids is 13. The van der Waals surface area contributed by atoms with Gasteiger partial charge in [-0.15, -0.1) is 0 Å². The molecule has 514 valence electrons. The van der Waals surface area contributed by atoms with Gasteiger partial charge in [0.05, 0.1) is 25.6 Å². The molecule has 0 aliphatic carbocycles. The van der Waals surface area contributed by atoms with E-state index in [-0.39, 0.29) is 75.7 Å². The second-order valence-electron chi connectivity index (χ2n) is 21.8. The van der Waals surface area contributed by atoms with Gasteiger partial charge in [0, 0.05) is 19.5 Å². The molecule has 1 aromatic rings. The molecule has 14 amide bonds. The highest BCUT2D eigenvalue weighted by molar-refractivity contribution is 7.98. The number of nitrogens with two attached hydrogens (primary N) is 3. The zero-order chi connectivity index (χ0) is 69.9. The zero-order valence-electron chi connectivity index (χ0n) is 52.5. The predicted octanol–water partition coefficient (Wildman–Crippen LogP) is -6.49. The molecule has 0 unspecified atom stereocenters. The first-order chi connectivity index (χ1) is 43.0. The van der Waals surface area contributed by atoms with Crippen molar-refractivity contribution in [3.05, 3.63) is 29.8 Å². The summed E-state index contributed by atoms with van der Waals surface area (Å²) in [5, 5.41) is 69.6. The number of phenolic OH excluding ortho intramolecular Hbond substituents is 1. The summed E-state index contributed by atoms with van der Waals surface area (Å²) in [5.41, 5.74) is 16.7. The molecule has 0 bridgehead atoms. The Balaban J connectivity index is 2.98. The Labute approximate surface area is 535 Å². The minimum Gasteiger partial charge on any atom is -0.508 e. The number of carbonyl (C=O) groups is 15. The van der Waals surface area contributed by atoms with Crippen molar-refractivity contribution in [2.75, 3.05) is 38.2 Å². The first-order valence-corrected chi connectivity index (χ1v) is 30.6. The summed E-state index contributed by atoms with van der Waals surface area (Å²) in [5.74, 6) is -14.0. The van der Waals surface area contributed by atoms with Crippen molar-refractivity contribution in [1.82, 2.24) is 74.4 Å². The minimum absolute atomic E-state index is 0.0184. The van der Waals surface area contributed by atoms with E-state index in [4.69, 9.17) is 22.6 Å². The summed E-state index contributed by atoms with van der Waals surface area (Å²) in [6, 6.07) is -10.3. The number of carboxylic acid groups (broad SMARTS) is 2. The number of rotatable bonds is 42. The normalized spacial score (nSPS) is 14.4. The molecule has 0 radical (unpaired) electrons. The molecule has 1 aromatic carbocycles. The predicted molar refractivity (Wildman–Crippen MR) is 332 cm³/mol. The fourth-order valence-electron chi connectivity index (χ4n) is 8.03. The van der Waals surface area contributed by atoms with Gasteiger partial charge in [-0.2, -0.15) is 11.8 Å². The smallest absolute Gasteiger partial charge is 0.326 e. The number of primary amides is 1. The van der Waals surface area contributed by atoms with Crippen LogP contribution >= 0.6 is 11.8 Å². The fraction of sp³-hybridized carbons (Fsp3) is 0.600. The van der Waals surface area contributed by atoms with Crippen LogP contribution in [0.2, 0.25) is 0 Å². The molecule has 0 aromatic heterocycles. The number of thioether (sulfide) groups is 1. The van der Waals surface area contributed by atoms with E-state index in [0.29, 0.717) is 11.3 Å². The summed E-state index contributed by atoms with van der Waals surface area (Å²) in [7, 11) is 0. The van der Waals surface area contributed by atoms with Gasteiger partial charge in [-0.3, -0.25) is 67.7 Å². The van der Waals surface area contributed by atoms with E-state index in [9.17, 15) is 87.2 Å². The molecule has 1 rings (SSSR count). The molecule has 0 saturated carbocycles. The van der Waals surface area contributed by atoms with Crippen LogP contribution in [0.15, 0.2) is 24.3 Å². The van der Waals surface area contributed by atoms with Crippen LogP contribution in [0, 0.1) is 11.3 Å². The number of urea groups is 1. The molecule has 0 spiro atoms. The van der Waals surface area contributed by atoms with Crippen LogP contribution in [0.1, 0.15) is 99.0 Å². The van der Waals surface area contributed by atoms with Crippen molar-refractivity contribution in [2.24, 2.45) is 23.1 Å². The number of amides is 14. The van der Waals surface area contributed by atoms with Crippen molar-refractivity contribution in [2.45, 2.75) is 166 Å². The second-order valence-corrected chi connectivity index (χ2v) is 22.7. The summed E-state index contributed by atoms with van der Waals surface area (Å²) in [4.78, 5) is 194. The third kappa shape index (κ3) is 32.8. The zero-order valence-corrected chi connectivity index (χ0v) is 53.4. The first-order valence-electron chi connectivity index (χ1n) is 29.2. The Morgan fingerprint density at radius 2 is 0.902 bits per heavy atom. The number of hydrogen-bond acceptors (Lipinski definition) is 19. The van der Waals surface area contributed by atoms with E-state index in [1.807, 2.05) is 0 Å². The van der Waals surface area contributed by atoms with Crippen LogP contribution in [0.25, 0.3) is 0 Å². The molecular weight excluding hydrogens is 1230 g/mol. The van der Waals surface area contributed by atoms with E-state index in [2.05, 4.69) is 74.4 Å². The van der Waals surface area contributed by atoms with Crippen LogP contribution in [0.4, 0.5) is 4.79 Å². The van der Waals surface area contributed by atoms with E-state index in [1.54, 1.807) is 20.1 Å². The van der Waals surface area contributed by atoms with E-state index < -0.39 is 175 Å². The number of nitrogens with one attached hydrogen (secondary N) is 15. The number of carboxylic acids is 2. The molecule has 0 saturated heterocycles. The maximum absolute atomic E-state index is 14.0. The number of aliphatic carboxylic acids is 2. The van der Waals surface area contributed by atoms with Crippen molar-refractivity contribution < 1.29 is 87.2 Å². The molecule has 11 atom stereocenters. The Kier molecular flexibility index (Phi) is 36.5. The molecule has 37 heteroatoms. The minimum atomic E-state index is -1.87. The lowest BCUT2D eigenvalue weighted by Gasteiger charge is -2.27. The number of guanidine groups is 1. The monoisotopic (exact) mass is 1320 g/mol. The molecule has 0 aliphatic rings. The average molecular weight is 1320 g/mol. The third-order valence-electron chi connectivity index (χ3n) is 13.1. The lowest BCUT2D eigenvalue weighted by Crippen LogP contribution is -2.60. The second kappa shape index (κ2) is 41.7. The largest absolute Gasteiger partial charge is 0.508 e. The lowest BCUT2D eigenvalue weighted by molar-refractivity contribution is -0.142. The van der Waals surface area contributed by atoms with Crippen LogP contribution in [0.5, 0.6) is 5.75 Å². The van der Waals surface area contributed by atoms with Gasteiger partial charge in [-0.05, 0) is 109 Å². The van der Waals surface area contributed by atoms with E-state index in [1.165, 1.54) is 56.8 Å². The quantitative estimate of drug-likeness (QED) is 0.0164. The highest BCUT2D eigenvalue weighted by atomic mass is 32.2. The summed E-state index contributed by atoms with van der Waals surface area (Å²) >= 11 is 1.32. The molecule has 24 N–H and O–H groups in total. The topological polar surface area (TPSA) is 587 Å². The van der Waals surface area contributed by atoms with Gasteiger partial charge in [0.2, 0.25) is 70.9 Å². The van der Waals surface area contributed by atoms with Crippen molar-refractivity contribution in [3.8, 4) is 5.75 Å². The van der Waals surface area contributed by atoms with Crippen molar-refractivity contribution in [3.63, 3.8) is 0 Å². The summed E-state index contributed by atoms with van der Waals surface area (Å²) < 4.78 is 0. The molecule has 36 nitrogen and oxygen atoms in total. The van der Waals surface area contributed by atoms with Crippen molar-refractivity contribution >= 4 is 107 Å². The van der Waals surface area contributed by atoms with Gasteiger partial charge in [0.1, 0.15) is 66.2 Å². The van der Waals surface area contributed by atoms with Crippen LogP contribution in [-0.2, 0) is 73.5 Å². The number of aromatic hydroxyl groups is 1. The first kappa shape index (κ1) is 80.5. The molecule has 92 heavy (non-hydrogen) atoms. The SMILES string of the molecule is CSCC[C@H](NC(=O)[C@H](Cc1ccc(O)cc1)NC(=O)[C@H](C)N)C(=O)N[C@@H](CCCNC(N)=O)C(=O)N[C@@H](C)C(=O)N[C@@H](CC(=O)O)C(=O)N[C@@H](C)C(=O)N[C@@H](C)C(=O)N[C@@H](C)C(=O)NCC(=O)NCC(=O)N[C@@H](CC(C)C)C(=O)N[C@@H](CCCNC(=N)N)C(=O)O. The molecule has 0 heterocycles. The van der Waals surface area contributed by atoms with Crippen LogP contribution < -0.4 is 91.6 Å². The summed E-state index contributed by atoms with van der Waals surface area (Å²) in [6.07, 6.45) is 0.795. The maximum atomic E-state index is 14.0. The Bertz CT molecular complexity index is 2760. The highest BCUT2D eigenvalue weighted by Gasteiger charge is 2.34. The standard InChI is InChI=1S/C55H90N18O18S/c1-26(2)21-37(51(87)71-36(53(89)90)12-10-18-60-54(57)58)68-41(76)25-62-40(75)24-63-44(80)28(4)64-45(81)29(5)65-46(82)30(6)67-50(86)39(23-42(77)78)73-47(83)31(7)66-48(84)34(11-9-19-61-55(59)91)69-49(85)35(17-20-92-8)70-52(88)38(72-43(79)27(3)56)22-32-13-15-33(74)16-14-32/h13-16,26-31,34-39,74H,9-12,17-25,56H2,1-8H3,(H,62,75)(H,63,80)(H,64,81)(H,65,82)(H,66,84)(H,67,86)(H,68,76)(H,69,85)(H,70,88)(H,71,87)(H,72,79)(H,73,83)(H,77,78)(H,89,90)(H4,57,58,60)(H3,59,61,91)/t27-,28-,29-,30-,31-,34-,35-,36-,37-,38-,39-/m0/s1. The Hall–Kier alpha value is -9.55. The molecule has 0 fully saturated rings. The Morgan fingerprint density at radius 3 is 1.40 bits per heavy atom. The van der Waals surface area contributed by atoms with E-state index in [0.717, 1.165) is 13.8 Å². The van der Waals surface area contributed by atoms with Crippen molar-refractivity contribution in [1.29, 1.82) is 5.41 Å². The maximum Gasteiger partial charge on any atom is 0.326 e. The van der Waals surface area contributed by atoms with Gasteiger partial charge in [0.25, 0.3) is 0 Å². The number of phenols is 1. The van der Waals surface area contributed by atoms with Crippen LogP contribution in [0.3, 0.4) is 0 Å². The number of benzene rings is 1. The fourth-order valence-corrected chi connectivity index (χ4v) is 8.50. The molecular formula is C55H90N18O18S. The Morgan fingerprint density at radius 1 is 0.478 bits per heavy atom. The van der Waals surface area contributed by atoms with Gasteiger partial charge < -0.3 is 107 Å². The van der Waals surface area contributed by atoms with Gasteiger partial charge in [-0.25, -0.2) is 9.59 Å². The van der Waals surface area contributed by atoms with Crippen LogP contribution in [-0.4, -0.2) is 215 Å². The van der Waals surface area contributed by atoms with E-state index >= 15 is 0 Å². The van der Waals surface area contributed by atoms with Gasteiger partial charge in [-0.1, -0.05) is 26.0 Å². The molecule has 0 aliphatic heterocycles. The lowest BCUT2D eigenvalue weighted by atomic mass is 10.0. The number of hydrogen-bond donors (Lipinski definition) is 21. The highest BCUT2D eigenvalue weighted by Crippen LogP contribution is 2.13. The third-order valence-corrected chi connectivity index (χ3v) is 13.8. The van der Waals surface area contributed by atoms with Gasteiger partial charge >= 0.3 is 18.0 Å². The average Bonchev–Trinajstić information content (AvgIpc) is 1.02.